The van der Waals surface area contributed by atoms with Crippen molar-refractivity contribution >= 4 is 29.5 Å². The summed E-state index contributed by atoms with van der Waals surface area (Å²) in [6, 6.07) is 21.4. The van der Waals surface area contributed by atoms with Gasteiger partial charge in [-0.1, -0.05) is 56.2 Å². The van der Waals surface area contributed by atoms with E-state index in [1.165, 1.54) is 6.92 Å². The second kappa shape index (κ2) is 27.0. The molecule has 0 radical (unpaired) electrons. The lowest BCUT2D eigenvalue weighted by atomic mass is 10.1. The number of para-hydroxylation sites is 2. The molecule has 1 atom stereocenters. The number of rotatable bonds is 28. The van der Waals surface area contributed by atoms with Crippen molar-refractivity contribution in [3.05, 3.63) is 78.4 Å². The standard InChI is InChI=1S/C46H63N9O10/c1-3-4-19-40(55(65)44(62)27-24-41(59)48-29-12-6-13-30-52(63)33(2)56)49-42(60)25-26-43(61)53(64)31-14-5-11-28-47-32-34-20-22-35(23-21-34)54-46(37-16-8-10-18-39(37)58)50-45(51-54)36-15-7-9-17-38(36)57/h7-10,15-18,20-23,40,47,57-58,63-65H,3-6,11-14,19,24-32H2,1-2H3,(H,48,59)(H,49,60). The molecule has 4 rings (SSSR count). The predicted octanol–water partition coefficient (Wildman–Crippen LogP) is 5.43. The molecule has 1 unspecified atom stereocenters. The molecule has 0 saturated heterocycles. The zero-order valence-electron chi connectivity index (χ0n) is 37.2. The van der Waals surface area contributed by atoms with E-state index in [9.17, 15) is 49.8 Å². The molecule has 0 aliphatic carbocycles. The Bertz CT molecular complexity index is 2150. The first-order valence-electron chi connectivity index (χ1n) is 22.2. The number of hydrogen-bond donors (Lipinski definition) is 8. The van der Waals surface area contributed by atoms with Crippen LogP contribution < -0.4 is 16.0 Å². The van der Waals surface area contributed by atoms with E-state index in [0.717, 1.165) is 24.8 Å². The van der Waals surface area contributed by atoms with Crippen LogP contribution in [0, 0.1) is 0 Å². The van der Waals surface area contributed by atoms with Crippen molar-refractivity contribution in [2.45, 2.75) is 110 Å². The highest BCUT2D eigenvalue weighted by Crippen LogP contribution is 2.33. The Labute approximate surface area is 378 Å². The molecule has 19 heteroatoms. The van der Waals surface area contributed by atoms with Crippen LogP contribution in [0.1, 0.15) is 103 Å². The van der Waals surface area contributed by atoms with Gasteiger partial charge in [0.25, 0.3) is 0 Å². The van der Waals surface area contributed by atoms with Gasteiger partial charge < -0.3 is 26.2 Å². The Balaban J connectivity index is 1.12. The lowest BCUT2D eigenvalue weighted by Crippen LogP contribution is -2.49. The first-order valence-corrected chi connectivity index (χ1v) is 22.2. The van der Waals surface area contributed by atoms with Gasteiger partial charge in [-0.25, -0.2) is 24.9 Å². The highest BCUT2D eigenvalue weighted by Gasteiger charge is 2.25. The maximum atomic E-state index is 12.7. The van der Waals surface area contributed by atoms with E-state index < -0.39 is 29.8 Å². The fraction of sp³-hybridized carbons (Fsp3) is 0.457. The van der Waals surface area contributed by atoms with E-state index in [2.05, 4.69) is 26.0 Å². The van der Waals surface area contributed by atoms with Crippen LogP contribution in [0.2, 0.25) is 0 Å². The van der Waals surface area contributed by atoms with Gasteiger partial charge in [0.15, 0.2) is 11.6 Å². The van der Waals surface area contributed by atoms with Gasteiger partial charge in [-0.2, -0.15) is 0 Å². The Hall–Kier alpha value is -6.41. The van der Waals surface area contributed by atoms with E-state index >= 15 is 0 Å². The Morgan fingerprint density at radius 1 is 0.677 bits per heavy atom. The second-order valence-corrected chi connectivity index (χ2v) is 15.6. The number of unbranched alkanes of at least 4 members (excludes halogenated alkanes) is 5. The molecule has 65 heavy (non-hydrogen) atoms. The normalized spacial score (nSPS) is 11.5. The molecular weight excluding hydrogens is 839 g/mol. The van der Waals surface area contributed by atoms with Gasteiger partial charge in [0, 0.05) is 58.8 Å². The van der Waals surface area contributed by atoms with Gasteiger partial charge >= 0.3 is 0 Å². The Morgan fingerprint density at radius 2 is 1.28 bits per heavy atom. The number of aromatic nitrogens is 3. The van der Waals surface area contributed by atoms with Crippen LogP contribution >= 0.6 is 0 Å². The lowest BCUT2D eigenvalue weighted by molar-refractivity contribution is -0.181. The van der Waals surface area contributed by atoms with E-state index in [0.29, 0.717) is 95.4 Å². The summed E-state index contributed by atoms with van der Waals surface area (Å²) in [6.07, 6.45) is 3.40. The molecule has 5 amide bonds. The molecule has 4 aromatic rings. The van der Waals surface area contributed by atoms with Gasteiger partial charge in [-0.3, -0.25) is 39.6 Å². The number of nitrogens with one attached hydrogen (secondary N) is 3. The number of benzene rings is 3. The quantitative estimate of drug-likeness (QED) is 0.0153. The number of hydrogen-bond acceptors (Lipinski definition) is 13. The third kappa shape index (κ3) is 16.9. The van der Waals surface area contributed by atoms with Crippen molar-refractivity contribution in [3.63, 3.8) is 0 Å². The average molecular weight is 902 g/mol. The van der Waals surface area contributed by atoms with Crippen LogP contribution in [0.25, 0.3) is 28.5 Å². The largest absolute Gasteiger partial charge is 0.507 e. The monoisotopic (exact) mass is 901 g/mol. The summed E-state index contributed by atoms with van der Waals surface area (Å²) in [5, 5.41) is 66.3. The number of carbonyl (C=O) groups excluding carboxylic acids is 5. The Morgan fingerprint density at radius 3 is 1.92 bits per heavy atom. The number of nitrogens with zero attached hydrogens (tertiary/aromatic N) is 6. The highest BCUT2D eigenvalue weighted by atomic mass is 16.5. The van der Waals surface area contributed by atoms with Crippen LogP contribution in [-0.2, 0) is 30.5 Å². The number of amides is 5. The van der Waals surface area contributed by atoms with Gasteiger partial charge in [0.05, 0.1) is 16.8 Å². The first kappa shape index (κ1) is 51.2. The number of hydroxylamine groups is 6. The van der Waals surface area contributed by atoms with E-state index in [1.807, 2.05) is 31.2 Å². The number of carbonyl (C=O) groups is 5. The molecule has 0 fully saturated rings. The summed E-state index contributed by atoms with van der Waals surface area (Å²) in [4.78, 5) is 65.9. The Kier molecular flexibility index (Phi) is 21.3. The van der Waals surface area contributed by atoms with Crippen molar-refractivity contribution in [1.82, 2.24) is 45.9 Å². The van der Waals surface area contributed by atoms with Crippen molar-refractivity contribution in [2.75, 3.05) is 26.2 Å². The first-order chi connectivity index (χ1) is 31.3. The second-order valence-electron chi connectivity index (χ2n) is 15.6. The van der Waals surface area contributed by atoms with Crippen LogP contribution in [0.4, 0.5) is 0 Å². The number of phenols is 2. The smallest absolute Gasteiger partial charge is 0.248 e. The van der Waals surface area contributed by atoms with Crippen molar-refractivity contribution in [2.24, 2.45) is 0 Å². The van der Waals surface area contributed by atoms with E-state index in [1.54, 1.807) is 53.2 Å². The predicted molar refractivity (Wildman–Crippen MR) is 239 cm³/mol. The topological polar surface area (TPSA) is 263 Å². The van der Waals surface area contributed by atoms with E-state index in [4.69, 9.17) is 0 Å². The summed E-state index contributed by atoms with van der Waals surface area (Å²) in [7, 11) is 0. The molecule has 1 aromatic heterocycles. The molecule has 8 N–H and O–H groups in total. The van der Waals surface area contributed by atoms with Crippen LogP contribution in [0.3, 0.4) is 0 Å². The molecule has 1 heterocycles. The van der Waals surface area contributed by atoms with Crippen LogP contribution in [-0.4, -0.2) is 118 Å². The average Bonchev–Trinajstić information content (AvgIpc) is 3.74. The molecule has 0 spiro atoms. The fourth-order valence-corrected chi connectivity index (χ4v) is 6.71. The van der Waals surface area contributed by atoms with Crippen LogP contribution in [0.15, 0.2) is 72.8 Å². The molecule has 352 valence electrons. The van der Waals surface area contributed by atoms with Gasteiger partial charge in [0.2, 0.25) is 29.5 Å². The minimum atomic E-state index is -1.05. The summed E-state index contributed by atoms with van der Waals surface area (Å²) in [5.74, 6) is -1.97. The summed E-state index contributed by atoms with van der Waals surface area (Å²) >= 11 is 0. The minimum Gasteiger partial charge on any atom is -0.507 e. The van der Waals surface area contributed by atoms with E-state index in [-0.39, 0.29) is 62.6 Å². The van der Waals surface area contributed by atoms with Gasteiger partial charge in [-0.15, -0.1) is 5.10 Å². The third-order valence-corrected chi connectivity index (χ3v) is 10.5. The molecule has 0 saturated carbocycles. The van der Waals surface area contributed by atoms with Crippen molar-refractivity contribution in [1.29, 1.82) is 0 Å². The maximum absolute atomic E-state index is 12.7. The summed E-state index contributed by atoms with van der Waals surface area (Å²) in [6.45, 7) is 5.10. The van der Waals surface area contributed by atoms with Gasteiger partial charge in [-0.05, 0) is 93.5 Å². The van der Waals surface area contributed by atoms with Gasteiger partial charge in [0.1, 0.15) is 17.7 Å². The zero-order chi connectivity index (χ0) is 47.1. The molecule has 0 aliphatic heterocycles. The summed E-state index contributed by atoms with van der Waals surface area (Å²) < 4.78 is 1.63. The molecule has 19 nitrogen and oxygen atoms in total. The van der Waals surface area contributed by atoms with Crippen molar-refractivity contribution in [3.8, 4) is 40.0 Å². The minimum absolute atomic E-state index is 0.0418. The van der Waals surface area contributed by atoms with Crippen LogP contribution in [0.5, 0.6) is 11.5 Å². The zero-order valence-corrected chi connectivity index (χ0v) is 37.2. The number of aromatic hydroxyl groups is 2. The third-order valence-electron chi connectivity index (χ3n) is 10.5. The molecule has 3 aromatic carbocycles. The molecule has 0 bridgehead atoms. The molecule has 0 aliphatic rings. The SMILES string of the molecule is CCCCC(NC(=O)CCC(=O)N(O)CCCCCNCc1ccc(-n2nc(-c3ccccc3O)nc2-c2ccccc2O)cc1)N(O)C(=O)CCC(=O)NCCCCCN(O)C(C)=O. The maximum Gasteiger partial charge on any atom is 0.248 e. The fourth-order valence-electron chi connectivity index (χ4n) is 6.71. The molecular formula is C46H63N9O10. The number of phenolic OH excluding ortho intramolecular Hbond substituents is 2. The highest BCUT2D eigenvalue weighted by molar-refractivity contribution is 5.85. The summed E-state index contributed by atoms with van der Waals surface area (Å²) in [5.41, 5.74) is 2.69. The lowest BCUT2D eigenvalue weighted by Gasteiger charge is -2.27. The van der Waals surface area contributed by atoms with Crippen molar-refractivity contribution < 1.29 is 49.8 Å².